The number of thioether (sulfide) groups is 1. The quantitative estimate of drug-likeness (QED) is 0.235. The summed E-state index contributed by atoms with van der Waals surface area (Å²) in [6.07, 6.45) is 3.54. The van der Waals surface area contributed by atoms with Crippen LogP contribution in [0.3, 0.4) is 0 Å². The molecule has 1 aromatic heterocycles. The lowest BCUT2D eigenvalue weighted by atomic mass is 10.2. The van der Waals surface area contributed by atoms with E-state index in [9.17, 15) is 0 Å². The molecule has 0 saturated heterocycles. The topological polar surface area (TPSA) is 71.5 Å². The number of oxime groups is 1. The molecule has 1 aromatic rings. The second-order valence-electron chi connectivity index (χ2n) is 2.07. The highest BCUT2D eigenvalue weighted by atomic mass is 32.2. The Morgan fingerprint density at radius 2 is 2.50 bits per heavy atom. The monoisotopic (exact) mass is 183 g/mol. The summed E-state index contributed by atoms with van der Waals surface area (Å²) in [6.45, 7) is 0. The van der Waals surface area contributed by atoms with Crippen LogP contribution >= 0.6 is 11.8 Å². The van der Waals surface area contributed by atoms with E-state index in [2.05, 4.69) is 10.1 Å². The normalized spacial score (nSPS) is 11.6. The van der Waals surface area contributed by atoms with Crippen LogP contribution in [0.25, 0.3) is 0 Å². The molecule has 0 saturated carbocycles. The summed E-state index contributed by atoms with van der Waals surface area (Å²) < 4.78 is 0. The first kappa shape index (κ1) is 8.86. The predicted molar refractivity (Wildman–Crippen MR) is 48.5 cm³/mol. The van der Waals surface area contributed by atoms with Crippen LogP contribution in [0.2, 0.25) is 0 Å². The van der Waals surface area contributed by atoms with Gasteiger partial charge in [-0.05, 0) is 18.4 Å². The first-order chi connectivity index (χ1) is 5.77. The van der Waals surface area contributed by atoms with Gasteiger partial charge in [0.05, 0.1) is 5.03 Å². The van der Waals surface area contributed by atoms with Crippen molar-refractivity contribution in [2.24, 2.45) is 10.9 Å². The average molecular weight is 183 g/mol. The van der Waals surface area contributed by atoms with Crippen molar-refractivity contribution in [3.63, 3.8) is 0 Å². The molecule has 4 nitrogen and oxygen atoms in total. The van der Waals surface area contributed by atoms with Gasteiger partial charge in [-0.3, -0.25) is 0 Å². The standard InChI is InChI=1S/C7H9N3OS/c1-12-6-4-5(2-3-9-6)7(8)10-11/h2-4,11H,1H3,(H2,8,10). The van der Waals surface area contributed by atoms with Crippen LogP contribution < -0.4 is 5.73 Å². The average Bonchev–Trinajstić information content (AvgIpc) is 2.17. The Balaban J connectivity index is 3.02. The molecule has 0 bridgehead atoms. The number of hydrogen-bond donors (Lipinski definition) is 2. The zero-order valence-electron chi connectivity index (χ0n) is 6.56. The van der Waals surface area contributed by atoms with Gasteiger partial charge in [0.2, 0.25) is 0 Å². The van der Waals surface area contributed by atoms with Crippen molar-refractivity contribution >= 4 is 17.6 Å². The van der Waals surface area contributed by atoms with Crippen LogP contribution in [0.15, 0.2) is 28.5 Å². The molecule has 0 unspecified atom stereocenters. The predicted octanol–water partition coefficient (Wildman–Crippen LogP) is 0.898. The third-order valence-corrected chi connectivity index (χ3v) is 1.99. The van der Waals surface area contributed by atoms with Gasteiger partial charge in [0.15, 0.2) is 5.84 Å². The largest absolute Gasteiger partial charge is 0.409 e. The Kier molecular flexibility index (Phi) is 2.93. The van der Waals surface area contributed by atoms with Gasteiger partial charge in [-0.25, -0.2) is 4.98 Å². The van der Waals surface area contributed by atoms with E-state index in [-0.39, 0.29) is 5.84 Å². The maximum Gasteiger partial charge on any atom is 0.170 e. The summed E-state index contributed by atoms with van der Waals surface area (Å²) in [5.41, 5.74) is 6.06. The van der Waals surface area contributed by atoms with E-state index < -0.39 is 0 Å². The number of amidine groups is 1. The fraction of sp³-hybridized carbons (Fsp3) is 0.143. The summed E-state index contributed by atoms with van der Waals surface area (Å²) in [5, 5.41) is 12.1. The molecule has 1 heterocycles. The van der Waals surface area contributed by atoms with Crippen LogP contribution in [0, 0.1) is 0 Å². The van der Waals surface area contributed by atoms with Crippen molar-refractivity contribution in [1.29, 1.82) is 0 Å². The highest BCUT2D eigenvalue weighted by molar-refractivity contribution is 7.98. The zero-order valence-corrected chi connectivity index (χ0v) is 7.38. The number of pyridine rings is 1. The maximum absolute atomic E-state index is 8.39. The first-order valence-electron chi connectivity index (χ1n) is 3.26. The summed E-state index contributed by atoms with van der Waals surface area (Å²) in [7, 11) is 0. The molecule has 0 spiro atoms. The second-order valence-corrected chi connectivity index (χ2v) is 2.90. The second kappa shape index (κ2) is 3.96. The van der Waals surface area contributed by atoms with Gasteiger partial charge in [-0.1, -0.05) is 5.16 Å². The fourth-order valence-corrected chi connectivity index (χ4v) is 1.15. The van der Waals surface area contributed by atoms with Gasteiger partial charge in [0.25, 0.3) is 0 Å². The molecule has 0 radical (unpaired) electrons. The van der Waals surface area contributed by atoms with Crippen molar-refractivity contribution < 1.29 is 5.21 Å². The molecule has 1 rings (SSSR count). The molecule has 0 amide bonds. The molecule has 0 aliphatic carbocycles. The van der Waals surface area contributed by atoms with Gasteiger partial charge < -0.3 is 10.9 Å². The Morgan fingerprint density at radius 1 is 1.75 bits per heavy atom. The van der Waals surface area contributed by atoms with Gasteiger partial charge in [-0.2, -0.15) is 0 Å². The molecule has 12 heavy (non-hydrogen) atoms. The molecule has 0 aliphatic rings. The Labute approximate surface area is 74.5 Å². The molecular weight excluding hydrogens is 174 g/mol. The van der Waals surface area contributed by atoms with Gasteiger partial charge in [-0.15, -0.1) is 11.8 Å². The Bertz CT molecular complexity index is 300. The van der Waals surface area contributed by atoms with E-state index in [0.717, 1.165) is 5.03 Å². The minimum Gasteiger partial charge on any atom is -0.409 e. The third kappa shape index (κ3) is 1.88. The summed E-state index contributed by atoms with van der Waals surface area (Å²) in [5.74, 6) is 0.104. The Hall–Kier alpha value is -1.23. The first-order valence-corrected chi connectivity index (χ1v) is 4.48. The number of nitrogens with zero attached hydrogens (tertiary/aromatic N) is 2. The van der Waals surface area contributed by atoms with Crippen LogP contribution in [-0.4, -0.2) is 22.3 Å². The van der Waals surface area contributed by atoms with Gasteiger partial charge in [0, 0.05) is 11.8 Å². The molecule has 3 N–H and O–H groups in total. The lowest BCUT2D eigenvalue weighted by Gasteiger charge is -1.99. The smallest absolute Gasteiger partial charge is 0.170 e. The van der Waals surface area contributed by atoms with E-state index in [1.807, 2.05) is 6.26 Å². The Morgan fingerprint density at radius 3 is 3.08 bits per heavy atom. The van der Waals surface area contributed by atoms with Crippen LogP contribution in [0.1, 0.15) is 5.56 Å². The summed E-state index contributed by atoms with van der Waals surface area (Å²) >= 11 is 1.51. The third-order valence-electron chi connectivity index (χ3n) is 1.35. The molecule has 0 aromatic carbocycles. The highest BCUT2D eigenvalue weighted by Gasteiger charge is 1.99. The van der Waals surface area contributed by atoms with Crippen molar-refractivity contribution in [3.05, 3.63) is 23.9 Å². The van der Waals surface area contributed by atoms with Crippen molar-refractivity contribution in [2.45, 2.75) is 5.03 Å². The van der Waals surface area contributed by atoms with Crippen molar-refractivity contribution in [1.82, 2.24) is 4.98 Å². The van der Waals surface area contributed by atoms with Crippen LogP contribution in [0.4, 0.5) is 0 Å². The van der Waals surface area contributed by atoms with Crippen molar-refractivity contribution in [3.8, 4) is 0 Å². The van der Waals surface area contributed by atoms with Crippen molar-refractivity contribution in [2.75, 3.05) is 6.26 Å². The number of aromatic nitrogens is 1. The maximum atomic E-state index is 8.39. The molecule has 5 heteroatoms. The molecule has 64 valence electrons. The number of hydrogen-bond acceptors (Lipinski definition) is 4. The lowest BCUT2D eigenvalue weighted by molar-refractivity contribution is 0.318. The zero-order chi connectivity index (χ0) is 8.97. The summed E-state index contributed by atoms with van der Waals surface area (Å²) in [6, 6.07) is 3.45. The lowest BCUT2D eigenvalue weighted by Crippen LogP contribution is -2.13. The SMILES string of the molecule is CSc1cc(/C(N)=N/O)ccn1. The van der Waals surface area contributed by atoms with E-state index in [1.54, 1.807) is 18.3 Å². The molecule has 0 atom stereocenters. The van der Waals surface area contributed by atoms with E-state index >= 15 is 0 Å². The van der Waals surface area contributed by atoms with Gasteiger partial charge in [0.1, 0.15) is 0 Å². The van der Waals surface area contributed by atoms with E-state index in [4.69, 9.17) is 10.9 Å². The number of rotatable bonds is 2. The van der Waals surface area contributed by atoms with Crippen LogP contribution in [-0.2, 0) is 0 Å². The van der Waals surface area contributed by atoms with E-state index in [1.165, 1.54) is 11.8 Å². The molecule has 0 aliphatic heterocycles. The minimum absolute atomic E-state index is 0.104. The minimum atomic E-state index is 0.104. The molecule has 0 fully saturated rings. The van der Waals surface area contributed by atoms with Crippen LogP contribution in [0.5, 0.6) is 0 Å². The fourth-order valence-electron chi connectivity index (χ4n) is 0.738. The van der Waals surface area contributed by atoms with Gasteiger partial charge >= 0.3 is 0 Å². The van der Waals surface area contributed by atoms with E-state index in [0.29, 0.717) is 5.56 Å². The summed E-state index contributed by atoms with van der Waals surface area (Å²) in [4.78, 5) is 4.05. The highest BCUT2D eigenvalue weighted by Crippen LogP contribution is 2.11. The number of nitrogens with two attached hydrogens (primary N) is 1. The molecular formula is C7H9N3OS.